The molecule has 0 radical (unpaired) electrons. The summed E-state index contributed by atoms with van der Waals surface area (Å²) in [7, 11) is 0. The predicted octanol–water partition coefficient (Wildman–Crippen LogP) is 3.03. The summed E-state index contributed by atoms with van der Waals surface area (Å²) in [5, 5.41) is 0. The molecule has 0 fully saturated rings. The molecule has 0 saturated heterocycles. The molecular formula is C16H14O3. The molecule has 0 unspecified atom stereocenters. The lowest BCUT2D eigenvalue weighted by Gasteiger charge is -2.05. The van der Waals surface area contributed by atoms with Crippen LogP contribution in [-0.2, 0) is 18.0 Å². The Morgan fingerprint density at radius 1 is 0.789 bits per heavy atom. The molecule has 0 aromatic heterocycles. The van der Waals surface area contributed by atoms with Gasteiger partial charge in [0.1, 0.15) is 12.6 Å². The summed E-state index contributed by atoms with van der Waals surface area (Å²) in [6.07, 6.45) is 1.63. The molecule has 3 heteroatoms. The van der Waals surface area contributed by atoms with Gasteiger partial charge >= 0.3 is 0 Å². The minimum atomic E-state index is 0.437. The number of hydrogen-bond acceptors (Lipinski definition) is 3. The van der Waals surface area contributed by atoms with Crippen LogP contribution in [0.1, 0.15) is 31.8 Å². The monoisotopic (exact) mass is 254 g/mol. The molecule has 2 aromatic rings. The van der Waals surface area contributed by atoms with E-state index in [1.807, 2.05) is 24.3 Å². The molecule has 2 aromatic carbocycles. The Morgan fingerprint density at radius 3 is 1.68 bits per heavy atom. The van der Waals surface area contributed by atoms with Gasteiger partial charge in [0, 0.05) is 11.1 Å². The first kappa shape index (κ1) is 13.2. The van der Waals surface area contributed by atoms with Crippen molar-refractivity contribution in [3.8, 4) is 0 Å². The molecule has 0 amide bonds. The first-order valence-corrected chi connectivity index (χ1v) is 5.98. The molecule has 0 aliphatic carbocycles. The SMILES string of the molecule is O=Cc1cccc(COCc2cccc(C=O)c2)c1. The third-order valence-electron chi connectivity index (χ3n) is 2.71. The first-order chi connectivity index (χ1) is 9.31. The zero-order valence-corrected chi connectivity index (χ0v) is 10.4. The van der Waals surface area contributed by atoms with E-state index < -0.39 is 0 Å². The fraction of sp³-hybridized carbons (Fsp3) is 0.125. The van der Waals surface area contributed by atoms with Crippen molar-refractivity contribution >= 4 is 12.6 Å². The summed E-state index contributed by atoms with van der Waals surface area (Å²) in [6.45, 7) is 0.875. The van der Waals surface area contributed by atoms with Gasteiger partial charge in [-0.1, -0.05) is 36.4 Å². The number of rotatable bonds is 6. The smallest absolute Gasteiger partial charge is 0.150 e. The van der Waals surface area contributed by atoms with E-state index in [0.29, 0.717) is 24.3 Å². The quantitative estimate of drug-likeness (QED) is 0.744. The topological polar surface area (TPSA) is 43.4 Å². The van der Waals surface area contributed by atoms with Crippen molar-refractivity contribution in [1.82, 2.24) is 0 Å². The lowest BCUT2D eigenvalue weighted by Crippen LogP contribution is -1.95. The molecule has 3 nitrogen and oxygen atoms in total. The third kappa shape index (κ3) is 3.86. The van der Waals surface area contributed by atoms with Crippen LogP contribution in [0.5, 0.6) is 0 Å². The van der Waals surface area contributed by atoms with Gasteiger partial charge in [0.05, 0.1) is 13.2 Å². The number of benzene rings is 2. The highest BCUT2D eigenvalue weighted by atomic mass is 16.5. The highest BCUT2D eigenvalue weighted by Gasteiger charge is 1.98. The first-order valence-electron chi connectivity index (χ1n) is 5.98. The lowest BCUT2D eigenvalue weighted by molar-refractivity contribution is 0.106. The zero-order chi connectivity index (χ0) is 13.5. The van der Waals surface area contributed by atoms with E-state index in [0.717, 1.165) is 23.7 Å². The minimum absolute atomic E-state index is 0.437. The van der Waals surface area contributed by atoms with Gasteiger partial charge in [-0.2, -0.15) is 0 Å². The number of hydrogen-bond donors (Lipinski definition) is 0. The van der Waals surface area contributed by atoms with Gasteiger partial charge in [-0.05, 0) is 23.3 Å². The molecule has 0 heterocycles. The van der Waals surface area contributed by atoms with E-state index in [4.69, 9.17) is 4.74 Å². The summed E-state index contributed by atoms with van der Waals surface area (Å²) in [6, 6.07) is 14.6. The van der Waals surface area contributed by atoms with Crippen molar-refractivity contribution < 1.29 is 14.3 Å². The van der Waals surface area contributed by atoms with Crippen LogP contribution in [0.2, 0.25) is 0 Å². The Hall–Kier alpha value is -2.26. The van der Waals surface area contributed by atoms with Gasteiger partial charge in [-0.3, -0.25) is 9.59 Å². The van der Waals surface area contributed by atoms with E-state index >= 15 is 0 Å². The molecular weight excluding hydrogens is 240 g/mol. The van der Waals surface area contributed by atoms with Crippen molar-refractivity contribution in [1.29, 1.82) is 0 Å². The second kappa shape index (κ2) is 6.61. The van der Waals surface area contributed by atoms with E-state index in [2.05, 4.69) is 0 Å². The highest BCUT2D eigenvalue weighted by molar-refractivity contribution is 5.75. The summed E-state index contributed by atoms with van der Waals surface area (Å²) >= 11 is 0. The standard InChI is InChI=1S/C16H14O3/c17-9-13-3-1-5-15(7-13)11-19-12-16-6-2-4-14(8-16)10-18/h1-10H,11-12H2. The predicted molar refractivity (Wildman–Crippen MR) is 72.2 cm³/mol. The number of aldehydes is 2. The molecule has 0 atom stereocenters. The average Bonchev–Trinajstić information content (AvgIpc) is 2.48. The van der Waals surface area contributed by atoms with Crippen molar-refractivity contribution in [2.45, 2.75) is 13.2 Å². The van der Waals surface area contributed by atoms with Crippen molar-refractivity contribution in [2.75, 3.05) is 0 Å². The Kier molecular flexibility index (Phi) is 4.59. The van der Waals surface area contributed by atoms with E-state index in [1.54, 1.807) is 24.3 Å². The van der Waals surface area contributed by atoms with E-state index in [1.165, 1.54) is 0 Å². The molecule has 96 valence electrons. The van der Waals surface area contributed by atoms with Crippen LogP contribution in [0.25, 0.3) is 0 Å². The molecule has 0 bridgehead atoms. The second-order valence-corrected chi connectivity index (χ2v) is 4.22. The summed E-state index contributed by atoms with van der Waals surface area (Å²) < 4.78 is 5.57. The summed E-state index contributed by atoms with van der Waals surface area (Å²) in [5.41, 5.74) is 3.19. The maximum Gasteiger partial charge on any atom is 0.150 e. The van der Waals surface area contributed by atoms with E-state index in [9.17, 15) is 9.59 Å². The maximum absolute atomic E-state index is 10.7. The second-order valence-electron chi connectivity index (χ2n) is 4.22. The lowest BCUT2D eigenvalue weighted by atomic mass is 10.1. The van der Waals surface area contributed by atoms with Gasteiger partial charge in [0.15, 0.2) is 0 Å². The summed E-state index contributed by atoms with van der Waals surface area (Å²) in [4.78, 5) is 21.3. The van der Waals surface area contributed by atoms with Crippen LogP contribution in [0, 0.1) is 0 Å². The maximum atomic E-state index is 10.7. The van der Waals surface area contributed by atoms with Gasteiger partial charge in [0.25, 0.3) is 0 Å². The normalized spacial score (nSPS) is 10.1. The Morgan fingerprint density at radius 2 is 1.26 bits per heavy atom. The molecule has 19 heavy (non-hydrogen) atoms. The number of carbonyl (C=O) groups excluding carboxylic acids is 2. The van der Waals surface area contributed by atoms with Crippen LogP contribution in [-0.4, -0.2) is 12.6 Å². The molecule has 0 aliphatic rings. The van der Waals surface area contributed by atoms with Crippen molar-refractivity contribution in [3.05, 3.63) is 70.8 Å². The Labute approximate surface area is 111 Å². The largest absolute Gasteiger partial charge is 0.372 e. The molecule has 0 N–H and O–H groups in total. The third-order valence-corrected chi connectivity index (χ3v) is 2.71. The van der Waals surface area contributed by atoms with Crippen molar-refractivity contribution in [2.24, 2.45) is 0 Å². The molecule has 0 aliphatic heterocycles. The molecule has 0 spiro atoms. The van der Waals surface area contributed by atoms with Crippen LogP contribution in [0.3, 0.4) is 0 Å². The van der Waals surface area contributed by atoms with Crippen LogP contribution in [0.15, 0.2) is 48.5 Å². The van der Waals surface area contributed by atoms with Crippen LogP contribution < -0.4 is 0 Å². The number of ether oxygens (including phenoxy) is 1. The van der Waals surface area contributed by atoms with E-state index in [-0.39, 0.29) is 0 Å². The van der Waals surface area contributed by atoms with Gasteiger partial charge < -0.3 is 4.74 Å². The fourth-order valence-electron chi connectivity index (χ4n) is 1.80. The van der Waals surface area contributed by atoms with Gasteiger partial charge in [0.2, 0.25) is 0 Å². The molecule has 0 saturated carbocycles. The highest BCUT2D eigenvalue weighted by Crippen LogP contribution is 2.09. The van der Waals surface area contributed by atoms with Crippen molar-refractivity contribution in [3.63, 3.8) is 0 Å². The Balaban J connectivity index is 1.92. The summed E-state index contributed by atoms with van der Waals surface area (Å²) in [5.74, 6) is 0. The van der Waals surface area contributed by atoms with Crippen LogP contribution >= 0.6 is 0 Å². The fourth-order valence-corrected chi connectivity index (χ4v) is 1.80. The number of carbonyl (C=O) groups is 2. The molecule has 2 rings (SSSR count). The Bertz CT molecular complexity index is 524. The van der Waals surface area contributed by atoms with Crippen LogP contribution in [0.4, 0.5) is 0 Å². The zero-order valence-electron chi connectivity index (χ0n) is 10.4. The van der Waals surface area contributed by atoms with Gasteiger partial charge in [-0.15, -0.1) is 0 Å². The minimum Gasteiger partial charge on any atom is -0.372 e. The average molecular weight is 254 g/mol. The van der Waals surface area contributed by atoms with Gasteiger partial charge in [-0.25, -0.2) is 0 Å².